The van der Waals surface area contributed by atoms with Gasteiger partial charge in [0.05, 0.1) is 7.11 Å². The lowest BCUT2D eigenvalue weighted by atomic mass is 10.4. The third-order valence-corrected chi connectivity index (χ3v) is 4.21. The number of esters is 1. The fourth-order valence-corrected chi connectivity index (χ4v) is 2.75. The van der Waals surface area contributed by atoms with Gasteiger partial charge >= 0.3 is 5.97 Å². The molecule has 0 unspecified atom stereocenters. The molecule has 0 aliphatic rings. The lowest BCUT2D eigenvalue weighted by Gasteiger charge is -2.11. The second-order valence-electron chi connectivity index (χ2n) is 3.17. The summed E-state index contributed by atoms with van der Waals surface area (Å²) in [6.45, 7) is 1.60. The highest BCUT2D eigenvalue weighted by Gasteiger charge is 2.22. The maximum atomic E-state index is 12.1. The summed E-state index contributed by atoms with van der Waals surface area (Å²) in [6.07, 6.45) is -0.0342. The van der Waals surface area contributed by atoms with E-state index in [1.54, 1.807) is 18.8 Å². The number of rotatable bonds is 3. The number of benzene rings is 1. The Morgan fingerprint density at radius 3 is 2.43 bits per heavy atom. The quantitative estimate of drug-likeness (QED) is 0.563. The van der Waals surface area contributed by atoms with Crippen LogP contribution < -0.4 is 5.30 Å². The minimum absolute atomic E-state index is 0.0342. The van der Waals surface area contributed by atoms with Crippen molar-refractivity contribution in [2.75, 3.05) is 19.9 Å². The van der Waals surface area contributed by atoms with Gasteiger partial charge in [0, 0.05) is 5.30 Å². The van der Waals surface area contributed by atoms with Crippen molar-refractivity contribution in [3.8, 4) is 0 Å². The maximum absolute atomic E-state index is 12.1. The first-order valence-corrected chi connectivity index (χ1v) is 6.59. The summed E-state index contributed by atoms with van der Waals surface area (Å²) in [4.78, 5) is 11.0. The second-order valence-corrected chi connectivity index (χ2v) is 6.21. The average molecular weight is 212 g/mol. The summed E-state index contributed by atoms with van der Waals surface area (Å²) in [6, 6.07) is 9.00. The number of ether oxygens (including phenoxy) is 1. The van der Waals surface area contributed by atoms with E-state index in [4.69, 9.17) is 0 Å². The molecule has 1 aromatic rings. The van der Waals surface area contributed by atoms with E-state index >= 15 is 0 Å². The fraction of sp³-hybridized carbons (Fsp3) is 0.300. The SMILES string of the molecule is COC(=O)C[P@@](C)(=O)c1ccccc1. The molecule has 0 heterocycles. The summed E-state index contributed by atoms with van der Waals surface area (Å²) in [5.41, 5.74) is 0. The first-order valence-electron chi connectivity index (χ1n) is 4.25. The zero-order valence-corrected chi connectivity index (χ0v) is 9.16. The Bertz CT molecular complexity index is 359. The van der Waals surface area contributed by atoms with Crippen molar-refractivity contribution in [3.05, 3.63) is 30.3 Å². The second kappa shape index (κ2) is 4.43. The summed E-state index contributed by atoms with van der Waals surface area (Å²) in [7, 11) is -1.29. The van der Waals surface area contributed by atoms with Crippen molar-refractivity contribution in [2.45, 2.75) is 0 Å². The fourth-order valence-electron chi connectivity index (χ4n) is 1.15. The van der Waals surface area contributed by atoms with Gasteiger partial charge in [-0.05, 0) is 6.66 Å². The van der Waals surface area contributed by atoms with E-state index in [9.17, 15) is 9.36 Å². The van der Waals surface area contributed by atoms with Crippen LogP contribution in [0.1, 0.15) is 0 Å². The number of hydrogen-bond donors (Lipinski definition) is 0. The molecule has 0 spiro atoms. The number of carbonyl (C=O) groups is 1. The molecule has 0 bridgehead atoms. The third kappa shape index (κ3) is 2.71. The minimum atomic E-state index is -2.59. The molecule has 0 aliphatic heterocycles. The van der Waals surface area contributed by atoms with Crippen LogP contribution in [0.15, 0.2) is 30.3 Å². The van der Waals surface area contributed by atoms with E-state index in [0.29, 0.717) is 5.30 Å². The topological polar surface area (TPSA) is 43.4 Å². The highest BCUT2D eigenvalue weighted by Crippen LogP contribution is 2.39. The molecule has 0 N–H and O–H groups in total. The summed E-state index contributed by atoms with van der Waals surface area (Å²) < 4.78 is 16.6. The van der Waals surface area contributed by atoms with Gasteiger partial charge in [0.15, 0.2) is 0 Å². The number of methoxy groups -OCH3 is 1. The van der Waals surface area contributed by atoms with Gasteiger partial charge in [-0.2, -0.15) is 0 Å². The molecule has 0 saturated carbocycles. The number of hydrogen-bond acceptors (Lipinski definition) is 3. The predicted molar refractivity (Wildman–Crippen MR) is 56.5 cm³/mol. The van der Waals surface area contributed by atoms with Crippen LogP contribution in [0, 0.1) is 0 Å². The molecule has 1 aromatic carbocycles. The maximum Gasteiger partial charge on any atom is 0.313 e. The van der Waals surface area contributed by atoms with Crippen LogP contribution >= 0.6 is 7.14 Å². The Kier molecular flexibility index (Phi) is 3.48. The van der Waals surface area contributed by atoms with Crippen molar-refractivity contribution < 1.29 is 14.1 Å². The Morgan fingerprint density at radius 1 is 1.36 bits per heavy atom. The van der Waals surface area contributed by atoms with E-state index < -0.39 is 13.1 Å². The van der Waals surface area contributed by atoms with Crippen molar-refractivity contribution >= 4 is 18.4 Å². The smallest absolute Gasteiger partial charge is 0.313 e. The molecule has 14 heavy (non-hydrogen) atoms. The Labute approximate surface area is 83.5 Å². The molecule has 0 fully saturated rings. The van der Waals surface area contributed by atoms with Gasteiger partial charge in [0.25, 0.3) is 0 Å². The normalized spacial score (nSPS) is 14.4. The van der Waals surface area contributed by atoms with E-state index in [1.807, 2.05) is 18.2 Å². The van der Waals surface area contributed by atoms with Gasteiger partial charge in [0.1, 0.15) is 13.3 Å². The highest BCUT2D eigenvalue weighted by molar-refractivity contribution is 7.71. The van der Waals surface area contributed by atoms with Crippen LogP contribution in [0.3, 0.4) is 0 Å². The molecule has 0 amide bonds. The Hall–Kier alpha value is -1.08. The average Bonchev–Trinajstić information content (AvgIpc) is 2.18. The zero-order valence-electron chi connectivity index (χ0n) is 8.27. The molecule has 0 saturated heterocycles. The summed E-state index contributed by atoms with van der Waals surface area (Å²) >= 11 is 0. The molecule has 0 radical (unpaired) electrons. The molecule has 3 nitrogen and oxygen atoms in total. The van der Waals surface area contributed by atoms with Crippen molar-refractivity contribution in [2.24, 2.45) is 0 Å². The lowest BCUT2D eigenvalue weighted by Crippen LogP contribution is -2.14. The first kappa shape index (κ1) is 11.0. The van der Waals surface area contributed by atoms with Crippen LogP contribution in [0.4, 0.5) is 0 Å². The minimum Gasteiger partial charge on any atom is -0.469 e. The lowest BCUT2D eigenvalue weighted by molar-refractivity contribution is -0.137. The van der Waals surface area contributed by atoms with E-state index in [1.165, 1.54) is 7.11 Å². The van der Waals surface area contributed by atoms with Gasteiger partial charge in [-0.3, -0.25) is 4.79 Å². The van der Waals surface area contributed by atoms with Crippen LogP contribution in [0.5, 0.6) is 0 Å². The standard InChI is InChI=1S/C10H13O3P/c1-13-10(11)8-14(2,12)9-6-4-3-5-7-9/h3-7H,8H2,1-2H3/t14-/m1/s1. The van der Waals surface area contributed by atoms with E-state index in [0.717, 1.165) is 0 Å². The molecular weight excluding hydrogens is 199 g/mol. The van der Waals surface area contributed by atoms with Gasteiger partial charge < -0.3 is 9.30 Å². The largest absolute Gasteiger partial charge is 0.469 e. The van der Waals surface area contributed by atoms with Gasteiger partial charge in [-0.25, -0.2) is 0 Å². The Balaban J connectivity index is 2.86. The zero-order chi connectivity index (χ0) is 10.6. The first-order chi connectivity index (χ1) is 6.56. The monoisotopic (exact) mass is 212 g/mol. The molecule has 4 heteroatoms. The Morgan fingerprint density at radius 2 is 1.93 bits per heavy atom. The predicted octanol–water partition coefficient (Wildman–Crippen LogP) is 1.48. The van der Waals surface area contributed by atoms with Crippen molar-refractivity contribution in [3.63, 3.8) is 0 Å². The number of carbonyl (C=O) groups excluding carboxylic acids is 1. The van der Waals surface area contributed by atoms with Crippen molar-refractivity contribution in [1.82, 2.24) is 0 Å². The molecule has 1 atom stereocenters. The van der Waals surface area contributed by atoms with Gasteiger partial charge in [-0.1, -0.05) is 30.3 Å². The van der Waals surface area contributed by atoms with Crippen LogP contribution in [0.25, 0.3) is 0 Å². The highest BCUT2D eigenvalue weighted by atomic mass is 31.2. The van der Waals surface area contributed by atoms with E-state index in [2.05, 4.69) is 4.74 Å². The van der Waals surface area contributed by atoms with Gasteiger partial charge in [-0.15, -0.1) is 0 Å². The summed E-state index contributed by atoms with van der Waals surface area (Å²) in [5.74, 6) is -0.431. The van der Waals surface area contributed by atoms with E-state index in [-0.39, 0.29) is 6.16 Å². The van der Waals surface area contributed by atoms with Crippen LogP contribution in [-0.4, -0.2) is 25.9 Å². The molecular formula is C10H13O3P. The molecule has 0 aliphatic carbocycles. The molecule has 76 valence electrons. The van der Waals surface area contributed by atoms with Crippen LogP contribution in [0.2, 0.25) is 0 Å². The van der Waals surface area contributed by atoms with Crippen LogP contribution in [-0.2, 0) is 14.1 Å². The van der Waals surface area contributed by atoms with Gasteiger partial charge in [0.2, 0.25) is 0 Å². The van der Waals surface area contributed by atoms with Crippen molar-refractivity contribution in [1.29, 1.82) is 0 Å². The molecule has 0 aromatic heterocycles. The molecule has 1 rings (SSSR count). The summed E-state index contributed by atoms with van der Waals surface area (Å²) in [5, 5.41) is 0.713. The third-order valence-electron chi connectivity index (χ3n) is 1.96.